The van der Waals surface area contributed by atoms with E-state index in [1.807, 2.05) is 86.6 Å². The van der Waals surface area contributed by atoms with Gasteiger partial charge in [0.25, 0.3) is 11.5 Å². The number of halogens is 1. The molecule has 1 unspecified atom stereocenters. The van der Waals surface area contributed by atoms with Crippen LogP contribution in [0.1, 0.15) is 46.7 Å². The van der Waals surface area contributed by atoms with Gasteiger partial charge in [-0.3, -0.25) is 14.2 Å². The minimum atomic E-state index is -0.540. The van der Waals surface area contributed by atoms with Crippen LogP contribution >= 0.6 is 0 Å². The number of aryl methyl sites for hydroxylation is 1. The molecule has 0 N–H and O–H groups in total. The predicted molar refractivity (Wildman–Crippen MR) is 153 cm³/mol. The van der Waals surface area contributed by atoms with Crippen molar-refractivity contribution in [3.63, 3.8) is 0 Å². The average Bonchev–Trinajstić information content (AvgIpc) is 2.95. The zero-order chi connectivity index (χ0) is 27.4. The molecular formula is C33H30FN3O2. The second-order valence-corrected chi connectivity index (χ2v) is 9.64. The lowest BCUT2D eigenvalue weighted by molar-refractivity contribution is 0.0661. The van der Waals surface area contributed by atoms with Gasteiger partial charge in [0.15, 0.2) is 0 Å². The zero-order valence-electron chi connectivity index (χ0n) is 22.0. The molecule has 0 saturated carbocycles. The van der Waals surface area contributed by atoms with Crippen LogP contribution in [-0.2, 0) is 6.42 Å². The van der Waals surface area contributed by atoms with Gasteiger partial charge in [-0.15, -0.1) is 0 Å². The van der Waals surface area contributed by atoms with Crippen LogP contribution in [0.3, 0.4) is 0 Å². The summed E-state index contributed by atoms with van der Waals surface area (Å²) in [6, 6.07) is 30.1. The van der Waals surface area contributed by atoms with Gasteiger partial charge in [0, 0.05) is 12.1 Å². The first-order chi connectivity index (χ1) is 19.0. The fourth-order valence-corrected chi connectivity index (χ4v) is 5.01. The molecule has 4 aromatic carbocycles. The van der Waals surface area contributed by atoms with Crippen LogP contribution in [0.4, 0.5) is 4.39 Å². The van der Waals surface area contributed by atoms with E-state index in [9.17, 15) is 14.0 Å². The van der Waals surface area contributed by atoms with Crippen molar-refractivity contribution in [2.75, 3.05) is 6.54 Å². The Labute approximate surface area is 227 Å². The highest BCUT2D eigenvalue weighted by Crippen LogP contribution is 2.28. The summed E-state index contributed by atoms with van der Waals surface area (Å²) >= 11 is 0. The van der Waals surface area contributed by atoms with Crippen molar-refractivity contribution in [3.05, 3.63) is 142 Å². The van der Waals surface area contributed by atoms with Gasteiger partial charge in [-0.1, -0.05) is 67.6 Å². The molecule has 39 heavy (non-hydrogen) atoms. The van der Waals surface area contributed by atoms with Gasteiger partial charge >= 0.3 is 0 Å². The largest absolute Gasteiger partial charge is 0.328 e. The van der Waals surface area contributed by atoms with Crippen LogP contribution in [0.15, 0.2) is 108 Å². The van der Waals surface area contributed by atoms with E-state index < -0.39 is 11.9 Å². The molecule has 5 nitrogen and oxygen atoms in total. The minimum Gasteiger partial charge on any atom is -0.328 e. The number of nitrogens with zero attached hydrogens (tertiary/aromatic N) is 3. The molecule has 0 bridgehead atoms. The van der Waals surface area contributed by atoms with Crippen LogP contribution in [0.2, 0.25) is 0 Å². The van der Waals surface area contributed by atoms with Crippen molar-refractivity contribution in [2.24, 2.45) is 0 Å². The van der Waals surface area contributed by atoms with Gasteiger partial charge < -0.3 is 4.90 Å². The number of carbonyl (C=O) groups excluding carboxylic acids is 1. The number of amides is 1. The Hall–Kier alpha value is -4.58. The highest BCUT2D eigenvalue weighted by Gasteiger charge is 2.30. The van der Waals surface area contributed by atoms with Crippen molar-refractivity contribution in [2.45, 2.75) is 32.7 Å². The maximum atomic E-state index is 14.2. The number of para-hydroxylation sites is 1. The second kappa shape index (κ2) is 11.4. The fraction of sp³-hybridized carbons (Fsp3) is 0.182. The number of hydrogen-bond donors (Lipinski definition) is 0. The molecule has 5 rings (SSSR count). The second-order valence-electron chi connectivity index (χ2n) is 9.64. The van der Waals surface area contributed by atoms with Crippen LogP contribution in [0, 0.1) is 12.7 Å². The van der Waals surface area contributed by atoms with Crippen molar-refractivity contribution in [1.29, 1.82) is 0 Å². The van der Waals surface area contributed by atoms with Crippen molar-refractivity contribution in [1.82, 2.24) is 14.5 Å². The molecule has 0 aliphatic heterocycles. The summed E-state index contributed by atoms with van der Waals surface area (Å²) in [4.78, 5) is 34.6. The summed E-state index contributed by atoms with van der Waals surface area (Å²) in [7, 11) is 0. The first-order valence-electron chi connectivity index (χ1n) is 13.2. The molecule has 0 saturated heterocycles. The number of fused-ring (bicyclic) bond motifs is 1. The van der Waals surface area contributed by atoms with Crippen molar-refractivity contribution < 1.29 is 9.18 Å². The fourth-order valence-electron chi connectivity index (χ4n) is 5.01. The van der Waals surface area contributed by atoms with Gasteiger partial charge in [-0.05, 0) is 73.4 Å². The Morgan fingerprint density at radius 3 is 2.41 bits per heavy atom. The third-order valence-corrected chi connectivity index (χ3v) is 6.94. The third kappa shape index (κ3) is 5.50. The van der Waals surface area contributed by atoms with E-state index in [1.54, 1.807) is 21.6 Å². The molecule has 196 valence electrons. The van der Waals surface area contributed by atoms with Gasteiger partial charge in [-0.25, -0.2) is 9.37 Å². The summed E-state index contributed by atoms with van der Waals surface area (Å²) < 4.78 is 15.8. The van der Waals surface area contributed by atoms with E-state index >= 15 is 0 Å². The topological polar surface area (TPSA) is 55.2 Å². The number of hydrogen-bond acceptors (Lipinski definition) is 3. The van der Waals surface area contributed by atoms with E-state index in [-0.39, 0.29) is 17.0 Å². The average molecular weight is 520 g/mol. The zero-order valence-corrected chi connectivity index (χ0v) is 22.0. The van der Waals surface area contributed by atoms with Crippen LogP contribution in [0.5, 0.6) is 0 Å². The molecule has 5 aromatic rings. The summed E-state index contributed by atoms with van der Waals surface area (Å²) in [6.45, 7) is 4.31. The van der Waals surface area contributed by atoms with Gasteiger partial charge in [-0.2, -0.15) is 0 Å². The first kappa shape index (κ1) is 26.0. The van der Waals surface area contributed by atoms with E-state index in [2.05, 4.69) is 0 Å². The van der Waals surface area contributed by atoms with Crippen molar-refractivity contribution in [3.8, 4) is 5.69 Å². The third-order valence-electron chi connectivity index (χ3n) is 6.94. The number of rotatable bonds is 8. The quantitative estimate of drug-likeness (QED) is 0.230. The summed E-state index contributed by atoms with van der Waals surface area (Å²) in [6.07, 6.45) is 1.10. The monoisotopic (exact) mass is 519 g/mol. The lowest BCUT2D eigenvalue weighted by Crippen LogP contribution is -2.39. The van der Waals surface area contributed by atoms with E-state index in [0.717, 1.165) is 11.1 Å². The smallest absolute Gasteiger partial charge is 0.266 e. The Kier molecular flexibility index (Phi) is 7.64. The molecule has 6 heteroatoms. The SMILES string of the molecule is CCC(c1nc2ccccc2c(=O)n1-c1cccc(C)c1)N(CCc1ccccc1)C(=O)c1cccc(F)c1. The van der Waals surface area contributed by atoms with Crippen molar-refractivity contribution >= 4 is 16.8 Å². The molecular weight excluding hydrogens is 489 g/mol. The molecule has 0 fully saturated rings. The Morgan fingerprint density at radius 2 is 1.67 bits per heavy atom. The molecule has 1 heterocycles. The van der Waals surface area contributed by atoms with Gasteiger partial charge in [0.2, 0.25) is 0 Å². The Bertz CT molecular complexity index is 1680. The molecule has 1 aromatic heterocycles. The highest BCUT2D eigenvalue weighted by molar-refractivity contribution is 5.94. The van der Waals surface area contributed by atoms with E-state index in [1.165, 1.54) is 18.2 Å². The number of aromatic nitrogens is 2. The van der Waals surface area contributed by atoms with E-state index in [4.69, 9.17) is 4.98 Å². The summed E-state index contributed by atoms with van der Waals surface area (Å²) in [5, 5.41) is 0.505. The standard InChI is InChI=1S/C33H30FN3O2/c1-3-30(36(20-19-24-12-5-4-6-13-24)32(38)25-14-10-15-26(34)22-25)31-35-29-18-8-7-17-28(29)33(39)37(31)27-16-9-11-23(2)21-27/h4-18,21-22,30H,3,19-20H2,1-2H3. The maximum Gasteiger partial charge on any atom is 0.266 e. The molecule has 0 aliphatic rings. The Morgan fingerprint density at radius 1 is 0.923 bits per heavy atom. The molecule has 0 spiro atoms. The predicted octanol–water partition coefficient (Wildman–Crippen LogP) is 6.67. The minimum absolute atomic E-state index is 0.194. The number of carbonyl (C=O) groups is 1. The lowest BCUT2D eigenvalue weighted by Gasteiger charge is -2.32. The lowest BCUT2D eigenvalue weighted by atomic mass is 10.1. The molecule has 0 radical (unpaired) electrons. The van der Waals surface area contributed by atoms with E-state index in [0.29, 0.717) is 41.8 Å². The van der Waals surface area contributed by atoms with Crippen LogP contribution in [-0.4, -0.2) is 26.9 Å². The molecule has 1 amide bonds. The maximum absolute atomic E-state index is 14.2. The highest BCUT2D eigenvalue weighted by atomic mass is 19.1. The van der Waals surface area contributed by atoms with Crippen LogP contribution < -0.4 is 5.56 Å². The molecule has 0 aliphatic carbocycles. The van der Waals surface area contributed by atoms with Crippen LogP contribution in [0.25, 0.3) is 16.6 Å². The normalized spacial score (nSPS) is 11.9. The number of benzene rings is 4. The Balaban J connectivity index is 1.69. The van der Waals surface area contributed by atoms with Gasteiger partial charge in [0.05, 0.1) is 22.6 Å². The molecule has 1 atom stereocenters. The van der Waals surface area contributed by atoms with Gasteiger partial charge in [0.1, 0.15) is 11.6 Å². The summed E-state index contributed by atoms with van der Waals surface area (Å²) in [5.74, 6) is -0.308. The summed E-state index contributed by atoms with van der Waals surface area (Å²) in [5.41, 5.74) is 3.40. The first-order valence-corrected chi connectivity index (χ1v) is 13.2.